The molecule has 20 heavy (non-hydrogen) atoms. The van der Waals surface area contributed by atoms with Crippen molar-refractivity contribution in [3.8, 4) is 0 Å². The average molecular weight is 281 g/mol. The fraction of sp³-hybridized carbons (Fsp3) is 0.769. The van der Waals surface area contributed by atoms with Crippen LogP contribution in [0.1, 0.15) is 24.6 Å². The van der Waals surface area contributed by atoms with Gasteiger partial charge in [0.05, 0.1) is 13.2 Å². The van der Waals surface area contributed by atoms with Gasteiger partial charge in [-0.15, -0.1) is 0 Å². The Morgan fingerprint density at radius 2 is 2.35 bits per heavy atom. The first-order valence-corrected chi connectivity index (χ1v) is 6.97. The third-order valence-electron chi connectivity index (χ3n) is 3.17. The van der Waals surface area contributed by atoms with Gasteiger partial charge in [0.1, 0.15) is 0 Å². The Kier molecular flexibility index (Phi) is 5.34. The molecule has 1 aromatic rings. The van der Waals surface area contributed by atoms with E-state index in [-0.39, 0.29) is 0 Å². The Morgan fingerprint density at radius 3 is 2.95 bits per heavy atom. The zero-order valence-corrected chi connectivity index (χ0v) is 12.4. The highest BCUT2D eigenvalue weighted by molar-refractivity contribution is 5.79. The summed E-state index contributed by atoms with van der Waals surface area (Å²) < 4.78 is 10.5. The van der Waals surface area contributed by atoms with Crippen molar-refractivity contribution in [3.63, 3.8) is 0 Å². The van der Waals surface area contributed by atoms with Crippen LogP contribution in [0.3, 0.4) is 0 Å². The minimum atomic E-state index is 0.497. The number of nitrogens with zero attached hydrogens (tertiary/aromatic N) is 4. The molecule has 1 N–H and O–H groups in total. The van der Waals surface area contributed by atoms with Gasteiger partial charge in [-0.25, -0.2) is 0 Å². The first-order chi connectivity index (χ1) is 9.69. The number of guanidine groups is 1. The molecule has 1 heterocycles. The number of ether oxygens (including phenoxy) is 1. The van der Waals surface area contributed by atoms with Gasteiger partial charge in [-0.3, -0.25) is 4.99 Å². The Hall–Kier alpha value is -1.63. The van der Waals surface area contributed by atoms with Gasteiger partial charge in [-0.2, -0.15) is 4.98 Å². The number of nitrogens with one attached hydrogen (secondary N) is 1. The van der Waals surface area contributed by atoms with Crippen LogP contribution < -0.4 is 5.32 Å². The quantitative estimate of drug-likeness (QED) is 0.453. The zero-order chi connectivity index (χ0) is 14.4. The fourth-order valence-corrected chi connectivity index (χ4v) is 1.80. The molecule has 0 spiro atoms. The largest absolute Gasteiger partial charge is 0.379 e. The summed E-state index contributed by atoms with van der Waals surface area (Å²) in [5.74, 6) is 2.79. The number of rotatable bonds is 7. The molecule has 1 aromatic heterocycles. The predicted molar refractivity (Wildman–Crippen MR) is 75.4 cm³/mol. The van der Waals surface area contributed by atoms with Crippen molar-refractivity contribution < 1.29 is 9.26 Å². The minimum absolute atomic E-state index is 0.497. The predicted octanol–water partition coefficient (Wildman–Crippen LogP) is 0.812. The second-order valence-electron chi connectivity index (χ2n) is 5.07. The number of aryl methyl sites for hydroxylation is 1. The summed E-state index contributed by atoms with van der Waals surface area (Å²) in [6.45, 7) is 4.68. The van der Waals surface area contributed by atoms with E-state index in [2.05, 4.69) is 20.4 Å². The van der Waals surface area contributed by atoms with Gasteiger partial charge in [-0.1, -0.05) is 5.16 Å². The Labute approximate surface area is 119 Å². The SMILES string of the molecule is CN=C(NCc1noc(C)n1)N(C)CCOCC1CC1. The van der Waals surface area contributed by atoms with E-state index in [1.54, 1.807) is 14.0 Å². The lowest BCUT2D eigenvalue weighted by atomic mass is 10.5. The van der Waals surface area contributed by atoms with Crippen molar-refractivity contribution in [2.45, 2.75) is 26.3 Å². The van der Waals surface area contributed by atoms with Crippen molar-refractivity contribution in [2.24, 2.45) is 10.9 Å². The number of likely N-dealkylation sites (N-methyl/N-ethyl adjacent to an activating group) is 1. The lowest BCUT2D eigenvalue weighted by Crippen LogP contribution is -2.40. The summed E-state index contributed by atoms with van der Waals surface area (Å²) >= 11 is 0. The molecule has 0 aromatic carbocycles. The highest BCUT2D eigenvalue weighted by Gasteiger charge is 2.21. The summed E-state index contributed by atoms with van der Waals surface area (Å²) in [6, 6.07) is 0. The number of hydrogen-bond acceptors (Lipinski definition) is 5. The van der Waals surface area contributed by atoms with Crippen molar-refractivity contribution in [1.82, 2.24) is 20.4 Å². The summed E-state index contributed by atoms with van der Waals surface area (Å²) in [6.07, 6.45) is 2.65. The molecule has 1 aliphatic rings. The Bertz CT molecular complexity index is 442. The smallest absolute Gasteiger partial charge is 0.223 e. The summed E-state index contributed by atoms with van der Waals surface area (Å²) in [5.41, 5.74) is 0. The topological polar surface area (TPSA) is 75.8 Å². The van der Waals surface area contributed by atoms with Crippen molar-refractivity contribution in [3.05, 3.63) is 11.7 Å². The maximum atomic E-state index is 5.62. The van der Waals surface area contributed by atoms with E-state index in [1.165, 1.54) is 12.8 Å². The molecule has 1 aliphatic carbocycles. The summed E-state index contributed by atoms with van der Waals surface area (Å²) in [7, 11) is 3.74. The molecule has 0 aliphatic heterocycles. The summed E-state index contributed by atoms with van der Waals surface area (Å²) in [4.78, 5) is 10.4. The minimum Gasteiger partial charge on any atom is -0.379 e. The van der Waals surface area contributed by atoms with Crippen LogP contribution in [0.4, 0.5) is 0 Å². The third kappa shape index (κ3) is 4.80. The molecule has 7 heteroatoms. The Morgan fingerprint density at radius 1 is 1.55 bits per heavy atom. The van der Waals surface area contributed by atoms with Crippen LogP contribution in [-0.2, 0) is 11.3 Å². The second-order valence-corrected chi connectivity index (χ2v) is 5.07. The number of hydrogen-bond donors (Lipinski definition) is 1. The van der Waals surface area contributed by atoms with E-state index in [1.807, 2.05) is 11.9 Å². The van der Waals surface area contributed by atoms with Crippen molar-refractivity contribution in [2.75, 3.05) is 33.9 Å². The van der Waals surface area contributed by atoms with E-state index >= 15 is 0 Å². The maximum Gasteiger partial charge on any atom is 0.223 e. The third-order valence-corrected chi connectivity index (χ3v) is 3.17. The molecular weight excluding hydrogens is 258 g/mol. The molecule has 0 unspecified atom stereocenters. The lowest BCUT2D eigenvalue weighted by Gasteiger charge is -2.21. The van der Waals surface area contributed by atoms with Gasteiger partial charge in [0.25, 0.3) is 0 Å². The van der Waals surface area contributed by atoms with E-state index in [0.29, 0.717) is 18.3 Å². The van der Waals surface area contributed by atoms with Gasteiger partial charge in [0.15, 0.2) is 11.8 Å². The molecule has 0 atom stereocenters. The van der Waals surface area contributed by atoms with Gasteiger partial charge in [-0.05, 0) is 18.8 Å². The monoisotopic (exact) mass is 281 g/mol. The molecule has 0 amide bonds. The van der Waals surface area contributed by atoms with Crippen LogP contribution in [0.5, 0.6) is 0 Å². The van der Waals surface area contributed by atoms with E-state index in [9.17, 15) is 0 Å². The first kappa shape index (κ1) is 14.8. The van der Waals surface area contributed by atoms with Crippen molar-refractivity contribution in [1.29, 1.82) is 0 Å². The van der Waals surface area contributed by atoms with Crippen LogP contribution >= 0.6 is 0 Å². The molecule has 2 rings (SSSR count). The first-order valence-electron chi connectivity index (χ1n) is 6.97. The van der Waals surface area contributed by atoms with Gasteiger partial charge < -0.3 is 19.5 Å². The maximum absolute atomic E-state index is 5.62. The highest BCUT2D eigenvalue weighted by Crippen LogP contribution is 2.28. The van der Waals surface area contributed by atoms with Gasteiger partial charge in [0.2, 0.25) is 5.89 Å². The molecule has 1 fully saturated rings. The van der Waals surface area contributed by atoms with Gasteiger partial charge in [0, 0.05) is 34.2 Å². The molecule has 112 valence electrons. The van der Waals surface area contributed by atoms with Crippen LogP contribution in [0.25, 0.3) is 0 Å². The standard InChI is InChI=1S/C13H23N5O2/c1-10-16-12(17-20-10)8-15-13(14-2)18(3)6-7-19-9-11-4-5-11/h11H,4-9H2,1-3H3,(H,14,15). The fourth-order valence-electron chi connectivity index (χ4n) is 1.80. The van der Waals surface area contributed by atoms with Crippen molar-refractivity contribution >= 4 is 5.96 Å². The number of aromatic nitrogens is 2. The summed E-state index contributed by atoms with van der Waals surface area (Å²) in [5, 5.41) is 7.03. The molecule has 1 saturated carbocycles. The molecule has 0 bridgehead atoms. The van der Waals surface area contributed by atoms with Crippen LogP contribution in [-0.4, -0.2) is 54.9 Å². The molecule has 7 nitrogen and oxygen atoms in total. The van der Waals surface area contributed by atoms with E-state index < -0.39 is 0 Å². The highest BCUT2D eigenvalue weighted by atomic mass is 16.5. The lowest BCUT2D eigenvalue weighted by molar-refractivity contribution is 0.115. The molecule has 0 radical (unpaired) electrons. The van der Waals surface area contributed by atoms with Crippen LogP contribution in [0.2, 0.25) is 0 Å². The average Bonchev–Trinajstić information content (AvgIpc) is 3.17. The molecule has 0 saturated heterocycles. The van der Waals surface area contributed by atoms with Crippen LogP contribution in [0, 0.1) is 12.8 Å². The van der Waals surface area contributed by atoms with Gasteiger partial charge >= 0.3 is 0 Å². The normalized spacial score (nSPS) is 15.4. The van der Waals surface area contributed by atoms with E-state index in [0.717, 1.165) is 31.6 Å². The zero-order valence-electron chi connectivity index (χ0n) is 12.4. The van der Waals surface area contributed by atoms with Crippen LogP contribution in [0.15, 0.2) is 9.52 Å². The number of aliphatic imine (C=N–C) groups is 1. The molecular formula is C13H23N5O2. The van der Waals surface area contributed by atoms with E-state index in [4.69, 9.17) is 9.26 Å². The second kappa shape index (κ2) is 7.23. The Balaban J connectivity index is 1.66.